The maximum atomic E-state index is 12.7. The molecule has 1 aromatic heterocycles. The third-order valence-corrected chi connectivity index (χ3v) is 5.79. The molecule has 1 fully saturated rings. The first-order chi connectivity index (χ1) is 10.6. The summed E-state index contributed by atoms with van der Waals surface area (Å²) in [6.45, 7) is 2.88. The van der Waals surface area contributed by atoms with Gasteiger partial charge in [0.25, 0.3) is 0 Å². The minimum atomic E-state index is -3.46. The number of sulfonamides is 1. The maximum absolute atomic E-state index is 12.7. The van der Waals surface area contributed by atoms with Crippen LogP contribution in [0.25, 0.3) is 0 Å². The van der Waals surface area contributed by atoms with Gasteiger partial charge in [0.15, 0.2) is 5.82 Å². The van der Waals surface area contributed by atoms with E-state index < -0.39 is 10.0 Å². The molecule has 1 aliphatic heterocycles. The van der Waals surface area contributed by atoms with Crippen molar-refractivity contribution in [2.75, 3.05) is 13.1 Å². The van der Waals surface area contributed by atoms with Gasteiger partial charge in [0.1, 0.15) is 0 Å². The molecule has 1 unspecified atom stereocenters. The Hall–Kier alpha value is -1.73. The number of benzene rings is 1. The van der Waals surface area contributed by atoms with Crippen molar-refractivity contribution in [1.29, 1.82) is 0 Å². The smallest absolute Gasteiger partial charge is 0.243 e. The summed E-state index contributed by atoms with van der Waals surface area (Å²) in [6, 6.07) is 8.53. The first-order valence-electron chi connectivity index (χ1n) is 7.49. The van der Waals surface area contributed by atoms with Crippen molar-refractivity contribution >= 4 is 10.0 Å². The second-order valence-corrected chi connectivity index (χ2v) is 7.36. The zero-order valence-electron chi connectivity index (χ0n) is 12.5. The summed E-state index contributed by atoms with van der Waals surface area (Å²) >= 11 is 0. The van der Waals surface area contributed by atoms with Crippen LogP contribution >= 0.6 is 0 Å². The van der Waals surface area contributed by atoms with Gasteiger partial charge in [-0.1, -0.05) is 30.3 Å². The summed E-state index contributed by atoms with van der Waals surface area (Å²) in [5.41, 5.74) is 0. The Morgan fingerprint density at radius 3 is 2.77 bits per heavy atom. The fourth-order valence-electron chi connectivity index (χ4n) is 2.68. The van der Waals surface area contributed by atoms with E-state index in [-0.39, 0.29) is 5.92 Å². The van der Waals surface area contributed by atoms with Gasteiger partial charge in [0.2, 0.25) is 15.9 Å². The van der Waals surface area contributed by atoms with Crippen LogP contribution in [0.15, 0.2) is 39.8 Å². The molecule has 1 atom stereocenters. The Labute approximate surface area is 130 Å². The van der Waals surface area contributed by atoms with Gasteiger partial charge in [-0.2, -0.15) is 9.29 Å². The summed E-state index contributed by atoms with van der Waals surface area (Å²) in [5, 5.41) is 3.90. The van der Waals surface area contributed by atoms with E-state index in [4.69, 9.17) is 4.52 Å². The summed E-state index contributed by atoms with van der Waals surface area (Å²) in [7, 11) is -3.46. The van der Waals surface area contributed by atoms with Crippen molar-refractivity contribution in [3.8, 4) is 0 Å². The molecule has 2 heterocycles. The van der Waals surface area contributed by atoms with E-state index in [2.05, 4.69) is 10.1 Å². The number of aromatic nitrogens is 2. The Morgan fingerprint density at radius 1 is 1.32 bits per heavy atom. The monoisotopic (exact) mass is 321 g/mol. The SMILES string of the molecule is CCc1noc(C2CCCN(S(=O)(=O)c3ccccc3)C2)n1. The highest BCUT2D eigenvalue weighted by molar-refractivity contribution is 7.89. The standard InChI is InChI=1S/C15H19N3O3S/c1-2-14-16-15(21-17-14)12-7-6-10-18(11-12)22(19,20)13-8-4-3-5-9-13/h3-5,8-9,12H,2,6-7,10-11H2,1H3. The molecule has 118 valence electrons. The predicted octanol–water partition coefficient (Wildman–Crippen LogP) is 2.20. The molecule has 0 amide bonds. The summed E-state index contributed by atoms with van der Waals surface area (Å²) < 4.78 is 32.2. The largest absolute Gasteiger partial charge is 0.339 e. The van der Waals surface area contributed by atoms with Crippen LogP contribution in [0.5, 0.6) is 0 Å². The second kappa shape index (κ2) is 6.18. The fraction of sp³-hybridized carbons (Fsp3) is 0.467. The van der Waals surface area contributed by atoms with Crippen LogP contribution < -0.4 is 0 Å². The molecule has 0 radical (unpaired) electrons. The second-order valence-electron chi connectivity index (χ2n) is 5.42. The van der Waals surface area contributed by atoms with Crippen LogP contribution in [0.3, 0.4) is 0 Å². The Balaban J connectivity index is 1.81. The molecule has 6 nitrogen and oxygen atoms in total. The zero-order chi connectivity index (χ0) is 15.6. The van der Waals surface area contributed by atoms with E-state index in [0.29, 0.717) is 36.1 Å². The van der Waals surface area contributed by atoms with Crippen LogP contribution in [0, 0.1) is 0 Å². The minimum Gasteiger partial charge on any atom is -0.339 e. The van der Waals surface area contributed by atoms with E-state index in [0.717, 1.165) is 12.8 Å². The van der Waals surface area contributed by atoms with Crippen molar-refractivity contribution in [2.45, 2.75) is 37.0 Å². The number of piperidine rings is 1. The number of aryl methyl sites for hydroxylation is 1. The van der Waals surface area contributed by atoms with Gasteiger partial charge in [-0.15, -0.1) is 0 Å². The molecular formula is C15H19N3O3S. The molecule has 0 spiro atoms. The Bertz CT molecular complexity index is 728. The summed E-state index contributed by atoms with van der Waals surface area (Å²) in [5.74, 6) is 1.18. The molecule has 7 heteroatoms. The van der Waals surface area contributed by atoms with Crippen molar-refractivity contribution in [1.82, 2.24) is 14.4 Å². The lowest BCUT2D eigenvalue weighted by atomic mass is 10.00. The Kier molecular flexibility index (Phi) is 4.26. The topological polar surface area (TPSA) is 76.3 Å². The fourth-order valence-corrected chi connectivity index (χ4v) is 4.23. The molecule has 1 aliphatic rings. The average Bonchev–Trinajstić information content (AvgIpc) is 3.05. The van der Waals surface area contributed by atoms with E-state index in [1.54, 1.807) is 24.3 Å². The van der Waals surface area contributed by atoms with Gasteiger partial charge >= 0.3 is 0 Å². The molecular weight excluding hydrogens is 302 g/mol. The van der Waals surface area contributed by atoms with Crippen LogP contribution in [0.2, 0.25) is 0 Å². The van der Waals surface area contributed by atoms with Crippen LogP contribution in [-0.2, 0) is 16.4 Å². The highest BCUT2D eigenvalue weighted by Gasteiger charge is 2.33. The minimum absolute atomic E-state index is 0.0277. The molecule has 0 saturated carbocycles. The first-order valence-corrected chi connectivity index (χ1v) is 8.93. The van der Waals surface area contributed by atoms with Crippen LogP contribution in [-0.4, -0.2) is 36.0 Å². The van der Waals surface area contributed by atoms with Gasteiger partial charge in [-0.3, -0.25) is 0 Å². The van der Waals surface area contributed by atoms with E-state index in [9.17, 15) is 8.42 Å². The average molecular weight is 321 g/mol. The maximum Gasteiger partial charge on any atom is 0.243 e. The number of rotatable bonds is 4. The van der Waals surface area contributed by atoms with Crippen LogP contribution in [0.1, 0.15) is 37.4 Å². The summed E-state index contributed by atoms with van der Waals surface area (Å²) in [4.78, 5) is 4.67. The van der Waals surface area contributed by atoms with Crippen LogP contribution in [0.4, 0.5) is 0 Å². The molecule has 3 rings (SSSR count). The highest BCUT2D eigenvalue weighted by Crippen LogP contribution is 2.29. The molecule has 22 heavy (non-hydrogen) atoms. The molecule has 0 N–H and O–H groups in total. The van der Waals surface area contributed by atoms with Crippen molar-refractivity contribution in [2.24, 2.45) is 0 Å². The predicted molar refractivity (Wildman–Crippen MR) is 80.9 cm³/mol. The highest BCUT2D eigenvalue weighted by atomic mass is 32.2. The van der Waals surface area contributed by atoms with Gasteiger partial charge in [0.05, 0.1) is 10.8 Å². The quantitative estimate of drug-likeness (QED) is 0.863. The Morgan fingerprint density at radius 2 is 2.09 bits per heavy atom. The van der Waals surface area contributed by atoms with Gasteiger partial charge in [-0.05, 0) is 25.0 Å². The molecule has 2 aromatic rings. The number of hydrogen-bond acceptors (Lipinski definition) is 5. The van der Waals surface area contributed by atoms with Crippen molar-refractivity contribution in [3.63, 3.8) is 0 Å². The lowest BCUT2D eigenvalue weighted by molar-refractivity contribution is 0.265. The van der Waals surface area contributed by atoms with E-state index in [1.807, 2.05) is 13.0 Å². The van der Waals surface area contributed by atoms with E-state index in [1.165, 1.54) is 4.31 Å². The van der Waals surface area contributed by atoms with Gasteiger partial charge in [0, 0.05) is 19.5 Å². The molecule has 1 aromatic carbocycles. The lowest BCUT2D eigenvalue weighted by Gasteiger charge is -2.30. The third-order valence-electron chi connectivity index (χ3n) is 3.91. The molecule has 0 aliphatic carbocycles. The van der Waals surface area contributed by atoms with Gasteiger partial charge < -0.3 is 4.52 Å². The first kappa shape index (κ1) is 15.2. The number of nitrogens with zero attached hydrogens (tertiary/aromatic N) is 3. The normalized spacial score (nSPS) is 20.1. The molecule has 1 saturated heterocycles. The van der Waals surface area contributed by atoms with Gasteiger partial charge in [-0.25, -0.2) is 8.42 Å². The zero-order valence-corrected chi connectivity index (χ0v) is 13.3. The summed E-state index contributed by atoms with van der Waals surface area (Å²) in [6.07, 6.45) is 2.37. The molecule has 0 bridgehead atoms. The van der Waals surface area contributed by atoms with Crippen molar-refractivity contribution < 1.29 is 12.9 Å². The van der Waals surface area contributed by atoms with Crippen molar-refractivity contribution in [3.05, 3.63) is 42.0 Å². The third kappa shape index (κ3) is 2.91. The lowest BCUT2D eigenvalue weighted by Crippen LogP contribution is -2.39. The number of hydrogen-bond donors (Lipinski definition) is 0. The van der Waals surface area contributed by atoms with E-state index >= 15 is 0 Å².